The Morgan fingerprint density at radius 2 is 2.00 bits per heavy atom. The van der Waals surface area contributed by atoms with E-state index in [-0.39, 0.29) is 0 Å². The molecule has 0 saturated carbocycles. The fraction of sp³-hybridized carbons (Fsp3) is 0.500. The zero-order valence-corrected chi connectivity index (χ0v) is 5.94. The predicted octanol–water partition coefficient (Wildman–Crippen LogP) is 2.77. The molecule has 0 spiro atoms. The monoisotopic (exact) mass is 110 g/mol. The van der Waals surface area contributed by atoms with E-state index in [4.69, 9.17) is 0 Å². The molecule has 0 unspecified atom stereocenters. The minimum Gasteiger partial charge on any atom is -0.0988 e. The van der Waals surface area contributed by atoms with Crippen molar-refractivity contribution < 1.29 is 0 Å². The molecule has 0 nitrogen and oxygen atoms in total. The van der Waals surface area contributed by atoms with Gasteiger partial charge in [0.1, 0.15) is 0 Å². The van der Waals surface area contributed by atoms with E-state index in [0.29, 0.717) is 5.92 Å². The van der Waals surface area contributed by atoms with Crippen molar-refractivity contribution in [3.63, 3.8) is 0 Å². The molecule has 0 N–H and O–H groups in total. The Hall–Kier alpha value is -0.520. The van der Waals surface area contributed by atoms with Crippen LogP contribution in [0.1, 0.15) is 20.8 Å². The second-order valence-corrected chi connectivity index (χ2v) is 2.36. The first-order valence-electron chi connectivity index (χ1n) is 2.97. The van der Waals surface area contributed by atoms with E-state index >= 15 is 0 Å². The molecule has 0 heteroatoms. The number of rotatable bonds is 2. The maximum Gasteiger partial charge on any atom is -0.0285 e. The van der Waals surface area contributed by atoms with Crippen LogP contribution < -0.4 is 0 Å². The maximum absolute atomic E-state index is 3.65. The fourth-order valence-electron chi connectivity index (χ4n) is 0.594. The highest BCUT2D eigenvalue weighted by Crippen LogP contribution is 2.00. The van der Waals surface area contributed by atoms with Gasteiger partial charge in [-0.25, -0.2) is 0 Å². The van der Waals surface area contributed by atoms with Gasteiger partial charge in [0, 0.05) is 0 Å². The van der Waals surface area contributed by atoms with Gasteiger partial charge in [0.05, 0.1) is 0 Å². The lowest BCUT2D eigenvalue weighted by Gasteiger charge is -1.94. The summed E-state index contributed by atoms with van der Waals surface area (Å²) < 4.78 is 0. The summed E-state index contributed by atoms with van der Waals surface area (Å²) in [4.78, 5) is 0. The van der Waals surface area contributed by atoms with Crippen molar-refractivity contribution in [3.8, 4) is 0 Å². The van der Waals surface area contributed by atoms with Gasteiger partial charge in [-0.1, -0.05) is 38.2 Å². The molecule has 0 atom stereocenters. The molecule has 0 aliphatic heterocycles. The first-order chi connectivity index (χ1) is 3.66. The second-order valence-electron chi connectivity index (χ2n) is 2.36. The molecular formula is C8H14. The van der Waals surface area contributed by atoms with Crippen molar-refractivity contribution in [2.24, 2.45) is 5.92 Å². The maximum atomic E-state index is 3.65. The summed E-state index contributed by atoms with van der Waals surface area (Å²) in [5, 5.41) is 0. The van der Waals surface area contributed by atoms with Crippen LogP contribution in [0.25, 0.3) is 0 Å². The van der Waals surface area contributed by atoms with E-state index in [1.807, 2.05) is 6.08 Å². The lowest BCUT2D eigenvalue weighted by molar-refractivity contribution is 0.825. The number of allylic oxidation sites excluding steroid dienone is 3. The third-order valence-corrected chi connectivity index (χ3v) is 0.918. The Morgan fingerprint density at radius 3 is 2.12 bits per heavy atom. The minimum absolute atomic E-state index is 0.646. The van der Waals surface area contributed by atoms with E-state index in [1.165, 1.54) is 5.57 Å². The molecular weight excluding hydrogens is 96.1 g/mol. The molecule has 0 saturated heterocycles. The molecule has 0 bridgehead atoms. The van der Waals surface area contributed by atoms with Crippen LogP contribution in [0, 0.1) is 5.92 Å². The van der Waals surface area contributed by atoms with Crippen molar-refractivity contribution in [1.29, 1.82) is 0 Å². The van der Waals surface area contributed by atoms with Gasteiger partial charge in [-0.05, 0) is 12.8 Å². The molecule has 0 radical (unpaired) electrons. The molecule has 0 aliphatic carbocycles. The topological polar surface area (TPSA) is 0 Å². The van der Waals surface area contributed by atoms with Gasteiger partial charge in [0.25, 0.3) is 0 Å². The molecule has 0 aromatic rings. The van der Waals surface area contributed by atoms with Gasteiger partial charge in [-0.15, -0.1) is 0 Å². The van der Waals surface area contributed by atoms with Crippen LogP contribution in [-0.2, 0) is 0 Å². The summed E-state index contributed by atoms with van der Waals surface area (Å²) in [5.74, 6) is 0.646. The van der Waals surface area contributed by atoms with Crippen molar-refractivity contribution in [1.82, 2.24) is 0 Å². The van der Waals surface area contributed by atoms with Crippen LogP contribution in [-0.4, -0.2) is 0 Å². The van der Waals surface area contributed by atoms with Crippen LogP contribution in [0.4, 0.5) is 0 Å². The van der Waals surface area contributed by atoms with Gasteiger partial charge in [-0.3, -0.25) is 0 Å². The van der Waals surface area contributed by atoms with Crippen molar-refractivity contribution in [3.05, 3.63) is 24.3 Å². The third-order valence-electron chi connectivity index (χ3n) is 0.918. The van der Waals surface area contributed by atoms with Crippen molar-refractivity contribution in [2.45, 2.75) is 20.8 Å². The zero-order valence-electron chi connectivity index (χ0n) is 5.94. The number of hydrogen-bond acceptors (Lipinski definition) is 0. The van der Waals surface area contributed by atoms with Crippen LogP contribution in [0.5, 0.6) is 0 Å². The minimum atomic E-state index is 0.646. The normalized spacial score (nSPS) is 12.2. The highest BCUT2D eigenvalue weighted by molar-refractivity contribution is 5.13. The molecule has 0 aromatic carbocycles. The largest absolute Gasteiger partial charge is 0.0988 e. The van der Waals surface area contributed by atoms with E-state index in [9.17, 15) is 0 Å². The molecule has 0 rings (SSSR count). The first kappa shape index (κ1) is 7.48. The predicted molar refractivity (Wildman–Crippen MR) is 38.8 cm³/mol. The van der Waals surface area contributed by atoms with Gasteiger partial charge in [0.2, 0.25) is 0 Å². The molecule has 0 fully saturated rings. The van der Waals surface area contributed by atoms with Crippen molar-refractivity contribution >= 4 is 0 Å². The standard InChI is InChI=1S/C8H14/c1-5-8(4)6-7(2)3/h5-7H,1H2,2-4H3/b8-6+. The summed E-state index contributed by atoms with van der Waals surface area (Å²) >= 11 is 0. The molecule has 0 aliphatic rings. The smallest absolute Gasteiger partial charge is 0.0285 e. The van der Waals surface area contributed by atoms with Gasteiger partial charge in [-0.2, -0.15) is 0 Å². The second kappa shape index (κ2) is 3.48. The summed E-state index contributed by atoms with van der Waals surface area (Å²) in [5.41, 5.74) is 1.26. The lowest BCUT2D eigenvalue weighted by atomic mass is 10.1. The Bertz CT molecular complexity index is 96.6. The molecule has 46 valence electrons. The van der Waals surface area contributed by atoms with E-state index in [0.717, 1.165) is 0 Å². The van der Waals surface area contributed by atoms with Crippen LogP contribution in [0.2, 0.25) is 0 Å². The molecule has 0 heterocycles. The van der Waals surface area contributed by atoms with E-state index in [1.54, 1.807) is 0 Å². The Morgan fingerprint density at radius 1 is 1.50 bits per heavy atom. The molecule has 0 amide bonds. The van der Waals surface area contributed by atoms with Gasteiger partial charge < -0.3 is 0 Å². The summed E-state index contributed by atoms with van der Waals surface area (Å²) in [6.07, 6.45) is 4.06. The third kappa shape index (κ3) is 3.66. The average molecular weight is 110 g/mol. The van der Waals surface area contributed by atoms with Crippen LogP contribution in [0.3, 0.4) is 0 Å². The van der Waals surface area contributed by atoms with Gasteiger partial charge >= 0.3 is 0 Å². The summed E-state index contributed by atoms with van der Waals surface area (Å²) in [6, 6.07) is 0. The molecule has 8 heavy (non-hydrogen) atoms. The SMILES string of the molecule is C=C/C(C)=C/C(C)C. The average Bonchev–Trinajstić information content (AvgIpc) is 1.65. The Labute approximate surface area is 51.9 Å². The first-order valence-corrected chi connectivity index (χ1v) is 2.97. The summed E-state index contributed by atoms with van der Waals surface area (Å²) in [7, 11) is 0. The van der Waals surface area contributed by atoms with Crippen molar-refractivity contribution in [2.75, 3.05) is 0 Å². The fourth-order valence-corrected chi connectivity index (χ4v) is 0.594. The lowest BCUT2D eigenvalue weighted by Crippen LogP contribution is -1.78. The van der Waals surface area contributed by atoms with Crippen LogP contribution >= 0.6 is 0 Å². The highest BCUT2D eigenvalue weighted by Gasteiger charge is 1.84. The zero-order chi connectivity index (χ0) is 6.57. The Kier molecular flexibility index (Phi) is 3.25. The Balaban J connectivity index is 3.74. The highest BCUT2D eigenvalue weighted by atomic mass is 13.9. The number of hydrogen-bond donors (Lipinski definition) is 0. The van der Waals surface area contributed by atoms with E-state index < -0.39 is 0 Å². The quantitative estimate of drug-likeness (QED) is 0.479. The van der Waals surface area contributed by atoms with Crippen LogP contribution in [0.15, 0.2) is 24.3 Å². The molecule has 0 aromatic heterocycles. The summed E-state index contributed by atoms with van der Waals surface area (Å²) in [6.45, 7) is 10.0. The van der Waals surface area contributed by atoms with E-state index in [2.05, 4.69) is 33.4 Å². The van der Waals surface area contributed by atoms with Gasteiger partial charge in [0.15, 0.2) is 0 Å².